The van der Waals surface area contributed by atoms with E-state index in [0.29, 0.717) is 12.0 Å². The van der Waals surface area contributed by atoms with Crippen molar-refractivity contribution in [2.24, 2.45) is 11.3 Å². The smallest absolute Gasteiger partial charge is 0.159 e. The topological polar surface area (TPSA) is 34.1 Å². The molecule has 0 radical (unpaired) electrons. The number of carbonyl (C=O) groups excluding carboxylic acids is 2. The zero-order chi connectivity index (χ0) is 13.1. The van der Waals surface area contributed by atoms with E-state index in [4.69, 9.17) is 0 Å². The van der Waals surface area contributed by atoms with Crippen molar-refractivity contribution in [3.63, 3.8) is 0 Å². The third-order valence-corrected chi connectivity index (χ3v) is 2.72. The van der Waals surface area contributed by atoms with Crippen LogP contribution in [-0.2, 0) is 9.59 Å². The molecule has 0 saturated heterocycles. The van der Waals surface area contributed by atoms with E-state index in [9.17, 15) is 9.59 Å². The van der Waals surface area contributed by atoms with Gasteiger partial charge in [0, 0.05) is 12.0 Å². The summed E-state index contributed by atoms with van der Waals surface area (Å²) in [6.07, 6.45) is 0.459. The monoisotopic (exact) mass is 224 g/mol. The van der Waals surface area contributed by atoms with E-state index in [1.54, 1.807) is 6.92 Å². The van der Waals surface area contributed by atoms with Crippen LogP contribution in [-0.4, -0.2) is 11.6 Å². The second-order valence-corrected chi connectivity index (χ2v) is 5.60. The minimum absolute atomic E-state index is 0.0745. The summed E-state index contributed by atoms with van der Waals surface area (Å²) in [7, 11) is 0. The van der Waals surface area contributed by atoms with Crippen LogP contribution in [0.1, 0.15) is 54.9 Å². The van der Waals surface area contributed by atoms with E-state index in [0.717, 1.165) is 5.57 Å². The Kier molecular flexibility index (Phi) is 5.11. The molecular formula is C14H24O2. The van der Waals surface area contributed by atoms with Crippen LogP contribution in [0.25, 0.3) is 0 Å². The Morgan fingerprint density at radius 1 is 1.06 bits per heavy atom. The first-order chi connectivity index (χ1) is 7.12. The van der Waals surface area contributed by atoms with Crippen LogP contribution in [0.15, 0.2) is 11.1 Å². The molecule has 0 aliphatic carbocycles. The maximum absolute atomic E-state index is 11.9. The summed E-state index contributed by atoms with van der Waals surface area (Å²) in [5.74, 6) is -0.120. The second kappa shape index (κ2) is 5.42. The molecule has 92 valence electrons. The van der Waals surface area contributed by atoms with Crippen LogP contribution >= 0.6 is 0 Å². The normalized spacial score (nSPS) is 13.2. The molecule has 16 heavy (non-hydrogen) atoms. The van der Waals surface area contributed by atoms with Crippen LogP contribution < -0.4 is 0 Å². The Morgan fingerprint density at radius 2 is 1.50 bits per heavy atom. The summed E-state index contributed by atoms with van der Waals surface area (Å²) in [5, 5.41) is 0. The summed E-state index contributed by atoms with van der Waals surface area (Å²) in [6.45, 7) is 13.2. The molecule has 2 heteroatoms. The highest BCUT2D eigenvalue weighted by Crippen LogP contribution is 2.35. The maximum Gasteiger partial charge on any atom is 0.159 e. The number of hydrogen-bond acceptors (Lipinski definition) is 2. The first-order valence-corrected chi connectivity index (χ1v) is 5.83. The highest BCUT2D eigenvalue weighted by Gasteiger charge is 2.34. The number of hydrogen-bond donors (Lipinski definition) is 0. The van der Waals surface area contributed by atoms with Gasteiger partial charge in [0.15, 0.2) is 5.78 Å². The van der Waals surface area contributed by atoms with E-state index in [-0.39, 0.29) is 22.9 Å². The molecule has 0 heterocycles. The van der Waals surface area contributed by atoms with Crippen molar-refractivity contribution in [2.45, 2.75) is 54.9 Å². The average molecular weight is 224 g/mol. The first-order valence-electron chi connectivity index (χ1n) is 5.83. The molecule has 0 saturated carbocycles. The van der Waals surface area contributed by atoms with E-state index in [1.807, 2.05) is 41.5 Å². The SMILES string of the molecule is CCC(=O)C(=C(C)C)C(C(C)=O)C(C)(C)C. The fraction of sp³-hybridized carbons (Fsp3) is 0.714. The average Bonchev–Trinajstić information content (AvgIpc) is 2.09. The van der Waals surface area contributed by atoms with Gasteiger partial charge in [0.05, 0.1) is 5.92 Å². The molecule has 0 amide bonds. The second-order valence-electron chi connectivity index (χ2n) is 5.60. The van der Waals surface area contributed by atoms with E-state index in [1.165, 1.54) is 0 Å². The molecule has 0 aliphatic heterocycles. The fourth-order valence-corrected chi connectivity index (χ4v) is 2.17. The molecule has 2 nitrogen and oxygen atoms in total. The minimum atomic E-state index is -0.287. The quantitative estimate of drug-likeness (QED) is 0.684. The number of allylic oxidation sites excluding steroid dienone is 2. The van der Waals surface area contributed by atoms with Crippen LogP contribution in [0, 0.1) is 11.3 Å². The highest BCUT2D eigenvalue weighted by atomic mass is 16.1. The lowest BCUT2D eigenvalue weighted by Gasteiger charge is -2.31. The van der Waals surface area contributed by atoms with Gasteiger partial charge in [-0.05, 0) is 26.2 Å². The Bertz CT molecular complexity index is 312. The highest BCUT2D eigenvalue weighted by molar-refractivity contribution is 6.02. The van der Waals surface area contributed by atoms with Gasteiger partial charge in [-0.2, -0.15) is 0 Å². The van der Waals surface area contributed by atoms with Crippen molar-refractivity contribution < 1.29 is 9.59 Å². The van der Waals surface area contributed by atoms with Gasteiger partial charge in [0.1, 0.15) is 5.78 Å². The van der Waals surface area contributed by atoms with Crippen LogP contribution in [0.4, 0.5) is 0 Å². The summed E-state index contributed by atoms with van der Waals surface area (Å²) in [6, 6.07) is 0. The van der Waals surface area contributed by atoms with Crippen molar-refractivity contribution in [2.75, 3.05) is 0 Å². The van der Waals surface area contributed by atoms with Crippen LogP contribution in [0.2, 0.25) is 0 Å². The summed E-state index contributed by atoms with van der Waals surface area (Å²) >= 11 is 0. The van der Waals surface area contributed by atoms with Crippen molar-refractivity contribution in [3.05, 3.63) is 11.1 Å². The van der Waals surface area contributed by atoms with Crippen LogP contribution in [0.3, 0.4) is 0 Å². The Hall–Kier alpha value is -0.920. The standard InChI is InChI=1S/C14H24O2/c1-8-11(16)12(9(2)3)13(10(4)15)14(5,6)7/h13H,8H2,1-7H3. The molecule has 1 unspecified atom stereocenters. The van der Waals surface area contributed by atoms with E-state index < -0.39 is 0 Å². The Morgan fingerprint density at radius 3 is 1.69 bits per heavy atom. The molecule has 0 N–H and O–H groups in total. The lowest BCUT2D eigenvalue weighted by Crippen LogP contribution is -2.32. The van der Waals surface area contributed by atoms with E-state index >= 15 is 0 Å². The minimum Gasteiger partial charge on any atom is -0.299 e. The number of Topliss-reactive ketones (excluding diaryl/α,β-unsaturated/α-hetero) is 2. The van der Waals surface area contributed by atoms with Gasteiger partial charge in [-0.15, -0.1) is 0 Å². The number of carbonyl (C=O) groups is 2. The van der Waals surface area contributed by atoms with Gasteiger partial charge >= 0.3 is 0 Å². The van der Waals surface area contributed by atoms with Gasteiger partial charge in [-0.25, -0.2) is 0 Å². The number of ketones is 2. The maximum atomic E-state index is 11.9. The molecule has 0 bridgehead atoms. The molecule has 1 atom stereocenters. The van der Waals surface area contributed by atoms with Crippen molar-refractivity contribution in [3.8, 4) is 0 Å². The van der Waals surface area contributed by atoms with Crippen molar-refractivity contribution in [1.82, 2.24) is 0 Å². The first kappa shape index (κ1) is 15.1. The zero-order valence-electron chi connectivity index (χ0n) is 11.6. The third kappa shape index (κ3) is 3.58. The Labute approximate surface area is 99.1 Å². The lowest BCUT2D eigenvalue weighted by molar-refractivity contribution is -0.125. The predicted molar refractivity (Wildman–Crippen MR) is 67.3 cm³/mol. The molecular weight excluding hydrogens is 200 g/mol. The van der Waals surface area contributed by atoms with Gasteiger partial charge in [-0.1, -0.05) is 33.3 Å². The molecule has 0 fully saturated rings. The fourth-order valence-electron chi connectivity index (χ4n) is 2.17. The summed E-state index contributed by atoms with van der Waals surface area (Å²) < 4.78 is 0. The molecule has 0 aliphatic rings. The zero-order valence-corrected chi connectivity index (χ0v) is 11.6. The molecule has 0 aromatic rings. The van der Waals surface area contributed by atoms with Gasteiger partial charge in [0.25, 0.3) is 0 Å². The van der Waals surface area contributed by atoms with Gasteiger partial charge < -0.3 is 0 Å². The lowest BCUT2D eigenvalue weighted by atomic mass is 9.71. The van der Waals surface area contributed by atoms with Crippen molar-refractivity contribution >= 4 is 11.6 Å². The predicted octanol–water partition coefficient (Wildman–Crippen LogP) is 3.55. The van der Waals surface area contributed by atoms with Crippen LogP contribution in [0.5, 0.6) is 0 Å². The van der Waals surface area contributed by atoms with Gasteiger partial charge in [-0.3, -0.25) is 9.59 Å². The third-order valence-electron chi connectivity index (χ3n) is 2.72. The summed E-state index contributed by atoms with van der Waals surface area (Å²) in [5.41, 5.74) is 1.47. The largest absolute Gasteiger partial charge is 0.299 e. The molecule has 0 aromatic heterocycles. The molecule has 0 aromatic carbocycles. The molecule has 0 rings (SSSR count). The Balaban J connectivity index is 5.59. The summed E-state index contributed by atoms with van der Waals surface area (Å²) in [4.78, 5) is 23.7. The van der Waals surface area contributed by atoms with Gasteiger partial charge in [0.2, 0.25) is 0 Å². The van der Waals surface area contributed by atoms with E-state index in [2.05, 4.69) is 0 Å². The number of rotatable bonds is 4. The van der Waals surface area contributed by atoms with Crippen molar-refractivity contribution in [1.29, 1.82) is 0 Å². The molecule has 0 spiro atoms.